The third kappa shape index (κ3) is 42.3. The summed E-state index contributed by atoms with van der Waals surface area (Å²) in [7, 11) is -9.67. The normalized spacial score (nSPS) is 14.4. The number of unbranched alkanes of at least 4 members (excludes halogenated alkanes) is 19. The quantitative estimate of drug-likeness (QED) is 0.0196. The number of allylic oxidation sites excluding steroid dienone is 6. The highest BCUT2D eigenvalue weighted by Gasteiger charge is 2.28. The minimum atomic E-state index is -4.86. The van der Waals surface area contributed by atoms with Crippen molar-refractivity contribution in [1.29, 1.82) is 0 Å². The van der Waals surface area contributed by atoms with E-state index in [0.717, 1.165) is 77.0 Å². The van der Waals surface area contributed by atoms with Gasteiger partial charge in [0, 0.05) is 12.8 Å². The van der Waals surface area contributed by atoms with Crippen molar-refractivity contribution in [2.75, 3.05) is 26.4 Å². The molecule has 0 aliphatic rings. The third-order valence-electron chi connectivity index (χ3n) is 8.99. The van der Waals surface area contributed by atoms with Gasteiger partial charge in [-0.3, -0.25) is 23.2 Å². The third-order valence-corrected chi connectivity index (χ3v) is 10.4. The smallest absolute Gasteiger partial charge is 0.462 e. The Bertz CT molecular complexity index is 1150. The van der Waals surface area contributed by atoms with Crippen molar-refractivity contribution in [2.45, 2.75) is 193 Å². The Balaban J connectivity index is 4.55. The Morgan fingerprint density at radius 1 is 0.509 bits per heavy atom. The highest BCUT2D eigenvalue weighted by molar-refractivity contribution is 7.47. The zero-order valence-corrected chi connectivity index (χ0v) is 37.0. The summed E-state index contributed by atoms with van der Waals surface area (Å²) in [5.41, 5.74) is 0. The van der Waals surface area contributed by atoms with Gasteiger partial charge in [0.15, 0.2) is 6.10 Å². The van der Waals surface area contributed by atoms with Crippen LogP contribution in [0.5, 0.6) is 0 Å². The van der Waals surface area contributed by atoms with Crippen molar-refractivity contribution in [1.82, 2.24) is 0 Å². The monoisotopic (exact) mass is 852 g/mol. The molecule has 15 heteroatoms. The second kappa shape index (κ2) is 38.5. The highest BCUT2D eigenvalue weighted by Crippen LogP contribution is 2.43. The topological polar surface area (TPSA) is 195 Å². The van der Waals surface area contributed by atoms with E-state index in [1.165, 1.54) is 64.2 Å². The molecular formula is C42H78O13P2. The van der Waals surface area contributed by atoms with E-state index < -0.39 is 66.2 Å². The first-order valence-corrected chi connectivity index (χ1v) is 24.7. The molecule has 0 spiro atoms. The van der Waals surface area contributed by atoms with E-state index in [2.05, 4.69) is 59.4 Å². The van der Waals surface area contributed by atoms with Crippen molar-refractivity contribution >= 4 is 27.6 Å². The summed E-state index contributed by atoms with van der Waals surface area (Å²) in [6.45, 7) is 1.71. The van der Waals surface area contributed by atoms with Crippen LogP contribution in [0.25, 0.3) is 0 Å². The molecule has 0 heterocycles. The molecule has 13 nitrogen and oxygen atoms in total. The van der Waals surface area contributed by atoms with E-state index in [-0.39, 0.29) is 12.8 Å². The van der Waals surface area contributed by atoms with Crippen LogP contribution in [-0.4, -0.2) is 70.4 Å². The van der Waals surface area contributed by atoms with Gasteiger partial charge in [0.05, 0.1) is 19.8 Å². The SMILES string of the molecule is CCCCCC=CCC=CCCCCCCCC(=O)OCC(COP(=O)(O)OCC(O)COP(=O)(O)O)OC(=O)CCCCCCCCCC=CCCCCCC. The van der Waals surface area contributed by atoms with Crippen molar-refractivity contribution in [3.63, 3.8) is 0 Å². The van der Waals surface area contributed by atoms with E-state index in [1.807, 2.05) is 0 Å². The molecule has 334 valence electrons. The van der Waals surface area contributed by atoms with Crippen LogP contribution in [0, 0.1) is 0 Å². The number of phosphoric ester groups is 2. The Morgan fingerprint density at radius 3 is 1.44 bits per heavy atom. The second-order valence-corrected chi connectivity index (χ2v) is 17.3. The molecule has 0 saturated heterocycles. The Labute approximate surface area is 344 Å². The number of carbonyl (C=O) groups excluding carboxylic acids is 2. The number of carbonyl (C=O) groups is 2. The Hall–Kier alpha value is -1.66. The Kier molecular flexibility index (Phi) is 37.4. The van der Waals surface area contributed by atoms with Crippen molar-refractivity contribution in [3.05, 3.63) is 36.5 Å². The van der Waals surface area contributed by atoms with Gasteiger partial charge in [-0.05, 0) is 70.6 Å². The van der Waals surface area contributed by atoms with Crippen LogP contribution < -0.4 is 0 Å². The molecule has 0 amide bonds. The first-order valence-electron chi connectivity index (χ1n) is 21.7. The van der Waals surface area contributed by atoms with E-state index in [9.17, 15) is 28.7 Å². The van der Waals surface area contributed by atoms with Crippen LogP contribution in [0.15, 0.2) is 36.5 Å². The maximum atomic E-state index is 12.6. The van der Waals surface area contributed by atoms with Crippen LogP contribution in [0.1, 0.15) is 181 Å². The summed E-state index contributed by atoms with van der Waals surface area (Å²) in [6.07, 6.45) is 37.0. The molecule has 57 heavy (non-hydrogen) atoms. The van der Waals surface area contributed by atoms with Crippen LogP contribution in [0.3, 0.4) is 0 Å². The van der Waals surface area contributed by atoms with Crippen molar-refractivity contribution < 1.29 is 61.6 Å². The molecular weight excluding hydrogens is 774 g/mol. The molecule has 4 N–H and O–H groups in total. The molecule has 0 radical (unpaired) electrons. The van der Waals surface area contributed by atoms with Crippen molar-refractivity contribution in [3.8, 4) is 0 Å². The second-order valence-electron chi connectivity index (χ2n) is 14.6. The fourth-order valence-corrected chi connectivity index (χ4v) is 6.82. The highest BCUT2D eigenvalue weighted by atomic mass is 31.2. The van der Waals surface area contributed by atoms with Crippen LogP contribution in [0.2, 0.25) is 0 Å². The minimum Gasteiger partial charge on any atom is -0.462 e. The van der Waals surface area contributed by atoms with Gasteiger partial charge in [-0.15, -0.1) is 0 Å². The van der Waals surface area contributed by atoms with E-state index in [0.29, 0.717) is 12.8 Å². The molecule has 0 rings (SSSR count). The number of rotatable bonds is 41. The molecule has 0 fully saturated rings. The zero-order chi connectivity index (χ0) is 42.3. The molecule has 0 aromatic rings. The summed E-state index contributed by atoms with van der Waals surface area (Å²) < 4.78 is 47.7. The molecule has 3 atom stereocenters. The fraction of sp³-hybridized carbons (Fsp3) is 0.810. The first-order chi connectivity index (χ1) is 27.4. The van der Waals surface area contributed by atoms with Gasteiger partial charge in [-0.2, -0.15) is 0 Å². The lowest BCUT2D eigenvalue weighted by Crippen LogP contribution is -2.30. The van der Waals surface area contributed by atoms with Gasteiger partial charge in [0.1, 0.15) is 12.7 Å². The molecule has 0 aromatic carbocycles. The van der Waals surface area contributed by atoms with Crippen LogP contribution in [0.4, 0.5) is 0 Å². The molecule has 0 aliphatic heterocycles. The van der Waals surface area contributed by atoms with Gasteiger partial charge in [-0.1, -0.05) is 134 Å². The van der Waals surface area contributed by atoms with Crippen molar-refractivity contribution in [2.24, 2.45) is 0 Å². The van der Waals surface area contributed by atoms with Gasteiger partial charge in [0.2, 0.25) is 0 Å². The number of phosphoric acid groups is 2. The molecule has 0 bridgehead atoms. The lowest BCUT2D eigenvalue weighted by Gasteiger charge is -2.20. The lowest BCUT2D eigenvalue weighted by atomic mass is 10.1. The zero-order valence-electron chi connectivity index (χ0n) is 35.2. The predicted molar refractivity (Wildman–Crippen MR) is 225 cm³/mol. The molecule has 0 saturated carbocycles. The summed E-state index contributed by atoms with van der Waals surface area (Å²) >= 11 is 0. The summed E-state index contributed by atoms with van der Waals surface area (Å²) in [6, 6.07) is 0. The maximum absolute atomic E-state index is 12.6. The molecule has 3 unspecified atom stereocenters. The van der Waals surface area contributed by atoms with Crippen LogP contribution >= 0.6 is 15.6 Å². The molecule has 0 aromatic heterocycles. The molecule has 0 aliphatic carbocycles. The van der Waals surface area contributed by atoms with Gasteiger partial charge >= 0.3 is 27.6 Å². The minimum absolute atomic E-state index is 0.124. The summed E-state index contributed by atoms with van der Waals surface area (Å²) in [5, 5.41) is 9.74. The van der Waals surface area contributed by atoms with Gasteiger partial charge < -0.3 is 29.3 Å². The number of hydrogen-bond acceptors (Lipinski definition) is 10. The van der Waals surface area contributed by atoms with E-state index >= 15 is 0 Å². The standard InChI is InChI=1S/C42H78O13P2/c1-3-5-7-9-11-13-15-17-19-21-23-25-27-29-31-33-41(44)51-37-40(38-54-57(49,50)53-36-39(43)35-52-56(46,47)48)55-42(45)34-32-30-28-26-24-22-20-18-16-14-12-10-8-6-4-2/h11,13-14,16-17,19,39-40,43H,3-10,12,15,18,20-38H2,1-2H3,(H,49,50)(H2,46,47,48). The average molecular weight is 853 g/mol. The number of ether oxygens (including phenoxy) is 2. The van der Waals surface area contributed by atoms with E-state index in [4.69, 9.17) is 23.8 Å². The fourth-order valence-electron chi connectivity index (χ4n) is 5.67. The Morgan fingerprint density at radius 2 is 0.912 bits per heavy atom. The van der Waals surface area contributed by atoms with Crippen LogP contribution in [-0.2, 0) is 41.8 Å². The summed E-state index contributed by atoms with van der Waals surface area (Å²) in [4.78, 5) is 52.6. The predicted octanol–water partition coefficient (Wildman–Crippen LogP) is 10.9. The number of hydrogen-bond donors (Lipinski definition) is 4. The largest absolute Gasteiger partial charge is 0.472 e. The number of aliphatic hydroxyl groups excluding tert-OH is 1. The maximum Gasteiger partial charge on any atom is 0.472 e. The summed E-state index contributed by atoms with van der Waals surface area (Å²) in [5.74, 6) is -1.05. The average Bonchev–Trinajstić information content (AvgIpc) is 3.17. The lowest BCUT2D eigenvalue weighted by molar-refractivity contribution is -0.161. The number of esters is 2. The van der Waals surface area contributed by atoms with Gasteiger partial charge in [-0.25, -0.2) is 9.13 Å². The first kappa shape index (κ1) is 55.3. The van der Waals surface area contributed by atoms with Gasteiger partial charge in [0.25, 0.3) is 0 Å². The van der Waals surface area contributed by atoms with E-state index in [1.54, 1.807) is 0 Å². The number of aliphatic hydroxyl groups is 1.